The lowest BCUT2D eigenvalue weighted by Crippen LogP contribution is -2.07. The highest BCUT2D eigenvalue weighted by Crippen LogP contribution is 2.26. The summed E-state index contributed by atoms with van der Waals surface area (Å²) in [6.07, 6.45) is 2.91. The summed E-state index contributed by atoms with van der Waals surface area (Å²) in [5.41, 5.74) is 0.329. The molecule has 0 bridgehead atoms. The highest BCUT2D eigenvalue weighted by molar-refractivity contribution is 7.15. The Hall–Kier alpha value is -0.0800. The summed E-state index contributed by atoms with van der Waals surface area (Å²) in [5.74, 6) is 0. The number of thiazole rings is 1. The van der Waals surface area contributed by atoms with Crippen molar-refractivity contribution in [2.75, 3.05) is 0 Å². The van der Waals surface area contributed by atoms with Gasteiger partial charge >= 0.3 is 0 Å². The predicted octanol–water partition coefficient (Wildman–Crippen LogP) is 3.39. The van der Waals surface area contributed by atoms with Gasteiger partial charge in [-0.05, 0) is 11.8 Å². The lowest BCUT2D eigenvalue weighted by molar-refractivity contribution is 0.414. The molecule has 3 heteroatoms. The third-order valence-electron chi connectivity index (χ3n) is 1.23. The number of hydrogen-bond donors (Lipinski definition) is 0. The first-order valence-electron chi connectivity index (χ1n) is 3.57. The van der Waals surface area contributed by atoms with Gasteiger partial charge in [-0.3, -0.25) is 0 Å². The fraction of sp³-hybridized carbons (Fsp3) is 0.625. The van der Waals surface area contributed by atoms with Crippen LogP contribution in [0.4, 0.5) is 0 Å². The van der Waals surface area contributed by atoms with E-state index in [2.05, 4.69) is 25.8 Å². The van der Waals surface area contributed by atoms with Gasteiger partial charge in [-0.15, -0.1) is 11.3 Å². The largest absolute Gasteiger partial charge is 0.233 e. The number of nitrogens with zero attached hydrogens (tertiary/aromatic N) is 1. The van der Waals surface area contributed by atoms with Gasteiger partial charge in [0.25, 0.3) is 0 Å². The molecule has 0 aromatic carbocycles. The monoisotopic (exact) mass is 189 g/mol. The van der Waals surface area contributed by atoms with E-state index in [0.717, 1.165) is 6.42 Å². The molecule has 1 aromatic rings. The molecular weight excluding hydrogens is 178 g/mol. The summed E-state index contributed by atoms with van der Waals surface area (Å²) in [6, 6.07) is 0. The molecule has 0 saturated heterocycles. The van der Waals surface area contributed by atoms with E-state index in [1.165, 1.54) is 4.88 Å². The van der Waals surface area contributed by atoms with E-state index in [1.54, 1.807) is 11.3 Å². The van der Waals surface area contributed by atoms with Crippen molar-refractivity contribution in [3.63, 3.8) is 0 Å². The highest BCUT2D eigenvalue weighted by atomic mass is 35.5. The number of hydrogen-bond acceptors (Lipinski definition) is 2. The SMILES string of the molecule is CC(C)(C)Cc1cnc(Cl)s1. The molecular formula is C8H12ClNS. The third-order valence-corrected chi connectivity index (χ3v) is 2.34. The van der Waals surface area contributed by atoms with E-state index in [1.807, 2.05) is 6.20 Å². The van der Waals surface area contributed by atoms with Crippen LogP contribution < -0.4 is 0 Å². The molecule has 1 nitrogen and oxygen atoms in total. The maximum absolute atomic E-state index is 5.70. The molecule has 0 atom stereocenters. The summed E-state index contributed by atoms with van der Waals surface area (Å²) in [6.45, 7) is 6.63. The third kappa shape index (κ3) is 3.21. The van der Waals surface area contributed by atoms with Crippen LogP contribution in [-0.2, 0) is 6.42 Å². The second-order valence-electron chi connectivity index (χ2n) is 3.82. The van der Waals surface area contributed by atoms with Crippen molar-refractivity contribution in [3.05, 3.63) is 15.5 Å². The van der Waals surface area contributed by atoms with Crippen molar-refractivity contribution < 1.29 is 0 Å². The van der Waals surface area contributed by atoms with Crippen LogP contribution in [0.15, 0.2) is 6.20 Å². The van der Waals surface area contributed by atoms with Crippen LogP contribution in [0.25, 0.3) is 0 Å². The van der Waals surface area contributed by atoms with Gasteiger partial charge in [-0.1, -0.05) is 32.4 Å². The molecule has 0 radical (unpaired) electrons. The van der Waals surface area contributed by atoms with Gasteiger partial charge in [-0.25, -0.2) is 4.98 Å². The molecule has 0 unspecified atom stereocenters. The van der Waals surface area contributed by atoms with Gasteiger partial charge in [0.2, 0.25) is 0 Å². The molecule has 0 aliphatic rings. The second-order valence-corrected chi connectivity index (χ2v) is 5.51. The van der Waals surface area contributed by atoms with Gasteiger partial charge in [0.1, 0.15) is 0 Å². The first-order valence-corrected chi connectivity index (χ1v) is 4.77. The van der Waals surface area contributed by atoms with E-state index in [-0.39, 0.29) is 0 Å². The molecule has 1 rings (SSSR count). The Morgan fingerprint density at radius 3 is 2.55 bits per heavy atom. The van der Waals surface area contributed by atoms with E-state index in [4.69, 9.17) is 11.6 Å². The average Bonchev–Trinajstić information content (AvgIpc) is 2.10. The Labute approximate surface area is 76.4 Å². The van der Waals surface area contributed by atoms with Crippen LogP contribution in [0, 0.1) is 5.41 Å². The van der Waals surface area contributed by atoms with Crippen LogP contribution >= 0.6 is 22.9 Å². The van der Waals surface area contributed by atoms with Crippen molar-refractivity contribution in [2.45, 2.75) is 27.2 Å². The van der Waals surface area contributed by atoms with E-state index < -0.39 is 0 Å². The lowest BCUT2D eigenvalue weighted by atomic mass is 9.92. The Balaban J connectivity index is 2.65. The molecule has 0 aliphatic heterocycles. The second kappa shape index (κ2) is 3.11. The summed E-state index contributed by atoms with van der Waals surface area (Å²) >= 11 is 7.27. The fourth-order valence-electron chi connectivity index (χ4n) is 0.888. The quantitative estimate of drug-likeness (QED) is 0.660. The molecule has 0 aliphatic carbocycles. The van der Waals surface area contributed by atoms with Gasteiger partial charge in [0.05, 0.1) is 0 Å². The smallest absolute Gasteiger partial charge is 0.183 e. The van der Waals surface area contributed by atoms with E-state index >= 15 is 0 Å². The lowest BCUT2D eigenvalue weighted by Gasteiger charge is -2.15. The van der Waals surface area contributed by atoms with Crippen molar-refractivity contribution in [1.82, 2.24) is 4.98 Å². The van der Waals surface area contributed by atoms with E-state index in [0.29, 0.717) is 9.88 Å². The average molecular weight is 190 g/mol. The molecule has 0 N–H and O–H groups in total. The Bertz CT molecular complexity index is 236. The van der Waals surface area contributed by atoms with Gasteiger partial charge in [-0.2, -0.15) is 0 Å². The molecule has 0 spiro atoms. The summed E-state index contributed by atoms with van der Waals surface area (Å²) in [4.78, 5) is 5.25. The standard InChI is InChI=1S/C8H12ClNS/c1-8(2,3)4-6-5-10-7(9)11-6/h5H,4H2,1-3H3. The summed E-state index contributed by atoms with van der Waals surface area (Å²) in [5, 5.41) is 0. The van der Waals surface area contributed by atoms with Crippen LogP contribution in [-0.4, -0.2) is 4.98 Å². The molecule has 0 saturated carbocycles. The number of halogens is 1. The van der Waals surface area contributed by atoms with Crippen LogP contribution in [0.2, 0.25) is 4.47 Å². The number of aromatic nitrogens is 1. The topological polar surface area (TPSA) is 12.9 Å². The van der Waals surface area contributed by atoms with Gasteiger partial charge < -0.3 is 0 Å². The summed E-state index contributed by atoms with van der Waals surface area (Å²) in [7, 11) is 0. The minimum Gasteiger partial charge on any atom is -0.233 e. The van der Waals surface area contributed by atoms with Gasteiger partial charge in [0, 0.05) is 11.1 Å². The zero-order valence-corrected chi connectivity index (χ0v) is 8.59. The van der Waals surface area contributed by atoms with Crippen molar-refractivity contribution in [1.29, 1.82) is 0 Å². The molecule has 1 heterocycles. The molecule has 62 valence electrons. The Morgan fingerprint density at radius 2 is 2.18 bits per heavy atom. The zero-order chi connectivity index (χ0) is 8.48. The van der Waals surface area contributed by atoms with Crippen molar-refractivity contribution in [2.24, 2.45) is 5.41 Å². The Kier molecular flexibility index (Phi) is 2.55. The summed E-state index contributed by atoms with van der Waals surface area (Å²) < 4.78 is 0.643. The van der Waals surface area contributed by atoms with E-state index in [9.17, 15) is 0 Å². The zero-order valence-electron chi connectivity index (χ0n) is 7.02. The molecule has 1 aromatic heterocycles. The van der Waals surface area contributed by atoms with Crippen LogP contribution in [0.3, 0.4) is 0 Å². The first kappa shape index (κ1) is 9.01. The van der Waals surface area contributed by atoms with Gasteiger partial charge in [0.15, 0.2) is 4.47 Å². The number of rotatable bonds is 1. The fourth-order valence-corrected chi connectivity index (χ4v) is 2.17. The molecule has 11 heavy (non-hydrogen) atoms. The first-order chi connectivity index (χ1) is 4.97. The molecule has 0 fully saturated rings. The maximum Gasteiger partial charge on any atom is 0.183 e. The van der Waals surface area contributed by atoms with Crippen molar-refractivity contribution >= 4 is 22.9 Å². The van der Waals surface area contributed by atoms with Crippen LogP contribution in [0.1, 0.15) is 25.6 Å². The highest BCUT2D eigenvalue weighted by Gasteiger charge is 2.12. The Morgan fingerprint density at radius 1 is 1.55 bits per heavy atom. The van der Waals surface area contributed by atoms with Crippen molar-refractivity contribution in [3.8, 4) is 0 Å². The van der Waals surface area contributed by atoms with Crippen LogP contribution in [0.5, 0.6) is 0 Å². The predicted molar refractivity (Wildman–Crippen MR) is 50.3 cm³/mol. The molecule has 0 amide bonds. The normalized spacial score (nSPS) is 12.0. The maximum atomic E-state index is 5.70. The minimum absolute atomic E-state index is 0.329. The minimum atomic E-state index is 0.329.